The third-order valence-corrected chi connectivity index (χ3v) is 3.45. The number of carbonyl (C=O) groups excluding carboxylic acids is 2. The second kappa shape index (κ2) is 16.7. The molecule has 0 saturated carbocycles. The van der Waals surface area contributed by atoms with Gasteiger partial charge >= 0.3 is 0 Å². The SMILES string of the molecule is CC(=O)CC(=O)/C=C(\C)CCC=C(C)C.CC(C)=CCC/C(C)=C/CO. The highest BCUT2D eigenvalue weighted by molar-refractivity contribution is 6.03. The van der Waals surface area contributed by atoms with Crippen molar-refractivity contribution in [3.05, 3.63) is 46.6 Å². The lowest BCUT2D eigenvalue weighted by Crippen LogP contribution is -2.01. The van der Waals surface area contributed by atoms with Gasteiger partial charge in [0.15, 0.2) is 5.78 Å². The molecule has 0 aromatic carbocycles. The van der Waals surface area contributed by atoms with E-state index in [0.29, 0.717) is 0 Å². The van der Waals surface area contributed by atoms with Crippen LogP contribution in [-0.2, 0) is 9.59 Å². The van der Waals surface area contributed by atoms with Crippen molar-refractivity contribution in [2.24, 2.45) is 0 Å². The van der Waals surface area contributed by atoms with Crippen LogP contribution in [0.3, 0.4) is 0 Å². The average molecular weight is 363 g/mol. The molecule has 0 aromatic rings. The third-order valence-electron chi connectivity index (χ3n) is 3.45. The Hall–Kier alpha value is -1.74. The number of allylic oxidation sites excluding steroid dienone is 7. The standard InChI is InChI=1S/C13H20O2.C10H18O/c1-10(2)6-5-7-11(3)8-13(15)9-12(4)14;1-9(2)5-4-6-10(3)7-8-11/h6,8H,5,7,9H2,1-4H3;5,7,11H,4,6,8H2,1-3H3/b11-8+;10-7+. The van der Waals surface area contributed by atoms with Crippen LogP contribution in [0.1, 0.15) is 80.6 Å². The van der Waals surface area contributed by atoms with Gasteiger partial charge in [0.2, 0.25) is 0 Å². The Morgan fingerprint density at radius 1 is 0.731 bits per heavy atom. The van der Waals surface area contributed by atoms with Crippen LogP contribution in [0.2, 0.25) is 0 Å². The number of Topliss-reactive ketones (excluding diaryl/α,β-unsaturated/α-hetero) is 1. The minimum Gasteiger partial charge on any atom is -0.392 e. The van der Waals surface area contributed by atoms with E-state index in [0.717, 1.165) is 31.3 Å². The van der Waals surface area contributed by atoms with E-state index >= 15 is 0 Å². The van der Waals surface area contributed by atoms with E-state index in [1.165, 1.54) is 23.6 Å². The van der Waals surface area contributed by atoms with Gasteiger partial charge in [-0.1, -0.05) is 40.5 Å². The highest BCUT2D eigenvalue weighted by Crippen LogP contribution is 2.07. The zero-order valence-corrected chi connectivity index (χ0v) is 17.8. The fraction of sp³-hybridized carbons (Fsp3) is 0.565. The van der Waals surface area contributed by atoms with Gasteiger partial charge in [0.05, 0.1) is 13.0 Å². The van der Waals surface area contributed by atoms with Gasteiger partial charge in [0.1, 0.15) is 5.78 Å². The Bertz CT molecular complexity index is 538. The molecule has 0 bridgehead atoms. The molecule has 3 nitrogen and oxygen atoms in total. The fourth-order valence-electron chi connectivity index (χ4n) is 2.08. The lowest BCUT2D eigenvalue weighted by atomic mass is 10.1. The van der Waals surface area contributed by atoms with Gasteiger partial charge in [-0.05, 0) is 80.2 Å². The molecule has 0 unspecified atom stereocenters. The minimum atomic E-state index is -0.0859. The first-order chi connectivity index (χ1) is 12.1. The van der Waals surface area contributed by atoms with Crippen molar-refractivity contribution in [1.29, 1.82) is 0 Å². The van der Waals surface area contributed by atoms with Crippen molar-refractivity contribution in [1.82, 2.24) is 0 Å². The molecule has 0 amide bonds. The summed E-state index contributed by atoms with van der Waals surface area (Å²) in [7, 11) is 0. The summed E-state index contributed by atoms with van der Waals surface area (Å²) in [6.45, 7) is 13.9. The van der Waals surface area contributed by atoms with E-state index in [1.54, 1.807) is 6.08 Å². The van der Waals surface area contributed by atoms with E-state index in [-0.39, 0.29) is 24.6 Å². The summed E-state index contributed by atoms with van der Waals surface area (Å²) in [4.78, 5) is 21.9. The molecule has 0 aliphatic rings. The van der Waals surface area contributed by atoms with E-state index in [1.807, 2.05) is 13.0 Å². The maximum atomic E-state index is 11.2. The maximum absolute atomic E-state index is 11.2. The summed E-state index contributed by atoms with van der Waals surface area (Å²) >= 11 is 0. The second-order valence-corrected chi connectivity index (χ2v) is 7.21. The van der Waals surface area contributed by atoms with Crippen molar-refractivity contribution in [3.8, 4) is 0 Å². The minimum absolute atomic E-state index is 0.0278. The van der Waals surface area contributed by atoms with Gasteiger partial charge in [-0.2, -0.15) is 0 Å². The first-order valence-electron chi connectivity index (χ1n) is 9.31. The maximum Gasteiger partial charge on any atom is 0.162 e. The molecule has 0 rings (SSSR count). The Labute approximate surface area is 160 Å². The molecule has 0 aromatic heterocycles. The molecule has 0 heterocycles. The Morgan fingerprint density at radius 2 is 1.19 bits per heavy atom. The van der Waals surface area contributed by atoms with E-state index in [2.05, 4.69) is 46.8 Å². The molecule has 0 aliphatic carbocycles. The van der Waals surface area contributed by atoms with Crippen LogP contribution < -0.4 is 0 Å². The molecule has 26 heavy (non-hydrogen) atoms. The average Bonchev–Trinajstić information content (AvgIpc) is 2.46. The normalized spacial score (nSPS) is 11.2. The van der Waals surface area contributed by atoms with E-state index < -0.39 is 0 Å². The molecular weight excluding hydrogens is 324 g/mol. The molecule has 0 atom stereocenters. The molecule has 0 aliphatic heterocycles. The third kappa shape index (κ3) is 22.3. The van der Waals surface area contributed by atoms with Crippen LogP contribution in [0.4, 0.5) is 0 Å². The van der Waals surface area contributed by atoms with E-state index in [4.69, 9.17) is 5.11 Å². The number of ketones is 2. The monoisotopic (exact) mass is 362 g/mol. The van der Waals surface area contributed by atoms with Gasteiger partial charge in [-0.15, -0.1) is 0 Å². The van der Waals surface area contributed by atoms with Crippen LogP contribution in [-0.4, -0.2) is 23.3 Å². The Kier molecular flexibility index (Phi) is 17.0. The molecule has 3 heteroatoms. The van der Waals surface area contributed by atoms with Crippen molar-refractivity contribution >= 4 is 11.6 Å². The predicted octanol–water partition coefficient (Wildman–Crippen LogP) is 5.90. The number of carbonyl (C=O) groups is 2. The van der Waals surface area contributed by atoms with Gasteiger partial charge in [-0.25, -0.2) is 0 Å². The van der Waals surface area contributed by atoms with Crippen molar-refractivity contribution < 1.29 is 14.7 Å². The fourth-order valence-corrected chi connectivity index (χ4v) is 2.08. The number of aliphatic hydroxyl groups excluding tert-OH is 1. The van der Waals surface area contributed by atoms with Crippen LogP contribution in [0.25, 0.3) is 0 Å². The lowest BCUT2D eigenvalue weighted by molar-refractivity contribution is -0.123. The Morgan fingerprint density at radius 3 is 1.58 bits per heavy atom. The Balaban J connectivity index is 0. The lowest BCUT2D eigenvalue weighted by Gasteiger charge is -1.98. The van der Waals surface area contributed by atoms with Crippen molar-refractivity contribution in [3.63, 3.8) is 0 Å². The first kappa shape index (κ1) is 26.5. The molecule has 0 spiro atoms. The number of aliphatic hydroxyl groups is 1. The summed E-state index contributed by atoms with van der Waals surface area (Å²) in [6.07, 6.45) is 11.8. The molecule has 0 fully saturated rings. The molecular formula is C23H38O3. The first-order valence-corrected chi connectivity index (χ1v) is 9.31. The highest BCUT2D eigenvalue weighted by Gasteiger charge is 2.02. The quantitative estimate of drug-likeness (QED) is 0.299. The summed E-state index contributed by atoms with van der Waals surface area (Å²) < 4.78 is 0. The number of hydrogen-bond acceptors (Lipinski definition) is 3. The smallest absolute Gasteiger partial charge is 0.162 e. The zero-order chi connectivity index (χ0) is 20.5. The van der Waals surface area contributed by atoms with Crippen LogP contribution >= 0.6 is 0 Å². The van der Waals surface area contributed by atoms with Gasteiger partial charge < -0.3 is 5.11 Å². The molecule has 1 N–H and O–H groups in total. The number of rotatable bonds is 10. The summed E-state index contributed by atoms with van der Waals surface area (Å²) in [5.74, 6) is -0.162. The molecule has 0 saturated heterocycles. The van der Waals surface area contributed by atoms with Gasteiger partial charge in [0.25, 0.3) is 0 Å². The largest absolute Gasteiger partial charge is 0.392 e. The molecule has 0 radical (unpaired) electrons. The van der Waals surface area contributed by atoms with Crippen LogP contribution in [0.15, 0.2) is 46.6 Å². The predicted molar refractivity (Wildman–Crippen MR) is 112 cm³/mol. The summed E-state index contributed by atoms with van der Waals surface area (Å²) in [6, 6.07) is 0. The van der Waals surface area contributed by atoms with Gasteiger partial charge in [0, 0.05) is 0 Å². The highest BCUT2D eigenvalue weighted by atomic mass is 16.2. The van der Waals surface area contributed by atoms with Crippen molar-refractivity contribution in [2.45, 2.75) is 80.6 Å². The topological polar surface area (TPSA) is 54.4 Å². The summed E-state index contributed by atoms with van der Waals surface area (Å²) in [5, 5.41) is 8.55. The second-order valence-electron chi connectivity index (χ2n) is 7.21. The van der Waals surface area contributed by atoms with Crippen LogP contribution in [0.5, 0.6) is 0 Å². The van der Waals surface area contributed by atoms with Crippen LogP contribution in [0, 0.1) is 0 Å². The summed E-state index contributed by atoms with van der Waals surface area (Å²) in [5.41, 5.74) is 4.96. The van der Waals surface area contributed by atoms with E-state index in [9.17, 15) is 9.59 Å². The zero-order valence-electron chi connectivity index (χ0n) is 17.8. The number of hydrogen-bond donors (Lipinski definition) is 1. The van der Waals surface area contributed by atoms with Crippen molar-refractivity contribution in [2.75, 3.05) is 6.61 Å². The van der Waals surface area contributed by atoms with Gasteiger partial charge in [-0.3, -0.25) is 9.59 Å². The molecule has 148 valence electrons.